The van der Waals surface area contributed by atoms with Gasteiger partial charge in [0.2, 0.25) is 11.8 Å². The summed E-state index contributed by atoms with van der Waals surface area (Å²) in [4.78, 5) is 30.9. The lowest BCUT2D eigenvalue weighted by Crippen LogP contribution is -2.54. The van der Waals surface area contributed by atoms with E-state index in [-0.39, 0.29) is 29.8 Å². The number of halogens is 1. The Morgan fingerprint density at radius 1 is 0.891 bits per heavy atom. The van der Waals surface area contributed by atoms with E-state index >= 15 is 0 Å². The SMILES string of the molecule is CCC(C)NC(=O)C(Cc1ccccc1)N(Cc1ccccc1Cl)C(=O)CN(c1ccc(C)cc1)S(=O)(=O)c1ccc(SC)cc1. The standard InChI is InChI=1S/C36H40ClN3O4S2/c1-5-27(3)38-36(42)34(23-28-11-7-6-8-12-28)39(24-29-13-9-10-14-33(29)37)35(41)25-40(30-17-15-26(2)16-18-30)46(43,44)32-21-19-31(45-4)20-22-32/h6-22,27,34H,5,23-25H2,1-4H3,(H,38,42). The van der Waals surface area contributed by atoms with E-state index in [1.165, 1.54) is 16.7 Å². The van der Waals surface area contributed by atoms with E-state index in [1.54, 1.807) is 66.7 Å². The molecule has 0 spiro atoms. The fourth-order valence-electron chi connectivity index (χ4n) is 4.92. The molecule has 0 aliphatic carbocycles. The molecule has 2 atom stereocenters. The van der Waals surface area contributed by atoms with Gasteiger partial charge in [0.15, 0.2) is 0 Å². The molecule has 0 aromatic heterocycles. The summed E-state index contributed by atoms with van der Waals surface area (Å²) in [6, 6.07) is 29.1. The van der Waals surface area contributed by atoms with E-state index in [2.05, 4.69) is 5.32 Å². The molecule has 0 radical (unpaired) electrons. The number of anilines is 1. The number of aryl methyl sites for hydroxylation is 1. The molecule has 0 bridgehead atoms. The number of amides is 2. The Kier molecular flexibility index (Phi) is 12.3. The maximum atomic E-state index is 14.6. The topological polar surface area (TPSA) is 86.8 Å². The van der Waals surface area contributed by atoms with Crippen LogP contribution >= 0.6 is 23.4 Å². The summed E-state index contributed by atoms with van der Waals surface area (Å²) in [6.45, 7) is 5.27. The Balaban J connectivity index is 1.81. The van der Waals surface area contributed by atoms with Gasteiger partial charge in [-0.1, -0.05) is 84.8 Å². The second kappa shape index (κ2) is 16.2. The molecule has 0 saturated heterocycles. The number of carbonyl (C=O) groups excluding carboxylic acids is 2. The minimum absolute atomic E-state index is 0.00807. The molecule has 0 heterocycles. The van der Waals surface area contributed by atoms with Crippen LogP contribution in [0.15, 0.2) is 113 Å². The van der Waals surface area contributed by atoms with Crippen molar-refractivity contribution in [3.8, 4) is 0 Å². The maximum Gasteiger partial charge on any atom is 0.264 e. The zero-order valence-corrected chi connectivity index (χ0v) is 28.9. The van der Waals surface area contributed by atoms with Crippen LogP contribution < -0.4 is 9.62 Å². The Hall–Kier alpha value is -3.79. The van der Waals surface area contributed by atoms with Crippen molar-refractivity contribution in [2.75, 3.05) is 17.1 Å². The summed E-state index contributed by atoms with van der Waals surface area (Å²) in [5.41, 5.74) is 2.79. The first-order chi connectivity index (χ1) is 22.0. The number of carbonyl (C=O) groups is 2. The minimum Gasteiger partial charge on any atom is -0.352 e. The molecule has 46 heavy (non-hydrogen) atoms. The van der Waals surface area contributed by atoms with Crippen LogP contribution in [0.2, 0.25) is 5.02 Å². The highest BCUT2D eigenvalue weighted by Crippen LogP contribution is 2.27. The third-order valence-corrected chi connectivity index (χ3v) is 10.7. The molecular weight excluding hydrogens is 638 g/mol. The van der Waals surface area contributed by atoms with E-state index in [1.807, 2.05) is 63.4 Å². The first kappa shape index (κ1) is 35.1. The smallest absolute Gasteiger partial charge is 0.264 e. The predicted octanol–water partition coefficient (Wildman–Crippen LogP) is 7.12. The Morgan fingerprint density at radius 3 is 2.13 bits per heavy atom. The van der Waals surface area contributed by atoms with Crippen molar-refractivity contribution in [3.05, 3.63) is 125 Å². The summed E-state index contributed by atoms with van der Waals surface area (Å²) in [7, 11) is -4.18. The van der Waals surface area contributed by atoms with Gasteiger partial charge in [0.1, 0.15) is 12.6 Å². The fourth-order valence-corrected chi connectivity index (χ4v) is 6.94. The zero-order chi connectivity index (χ0) is 33.3. The summed E-state index contributed by atoms with van der Waals surface area (Å²) in [5.74, 6) is -0.860. The molecule has 1 N–H and O–H groups in total. The number of rotatable bonds is 14. The number of benzene rings is 4. The number of nitrogens with zero attached hydrogens (tertiary/aromatic N) is 2. The van der Waals surface area contributed by atoms with Crippen molar-refractivity contribution in [1.82, 2.24) is 10.2 Å². The lowest BCUT2D eigenvalue weighted by Gasteiger charge is -2.34. The van der Waals surface area contributed by atoms with Gasteiger partial charge in [-0.25, -0.2) is 8.42 Å². The second-order valence-electron chi connectivity index (χ2n) is 11.2. The zero-order valence-electron chi connectivity index (χ0n) is 26.5. The fraction of sp³-hybridized carbons (Fsp3) is 0.278. The molecule has 2 unspecified atom stereocenters. The molecule has 10 heteroatoms. The highest BCUT2D eigenvalue weighted by atomic mass is 35.5. The number of hydrogen-bond donors (Lipinski definition) is 1. The average molecular weight is 678 g/mol. The van der Waals surface area contributed by atoms with Crippen LogP contribution in [-0.2, 0) is 32.6 Å². The third-order valence-electron chi connectivity index (χ3n) is 7.82. The second-order valence-corrected chi connectivity index (χ2v) is 14.3. The van der Waals surface area contributed by atoms with Crippen LogP contribution in [0, 0.1) is 6.92 Å². The Labute approximate surface area is 282 Å². The van der Waals surface area contributed by atoms with Crippen molar-refractivity contribution in [2.24, 2.45) is 0 Å². The van der Waals surface area contributed by atoms with Crippen LogP contribution in [0.4, 0.5) is 5.69 Å². The maximum absolute atomic E-state index is 14.6. The summed E-state index contributed by atoms with van der Waals surface area (Å²) in [6.07, 6.45) is 2.85. The van der Waals surface area contributed by atoms with Crippen LogP contribution in [0.1, 0.15) is 37.0 Å². The number of hydrogen-bond acceptors (Lipinski definition) is 5. The van der Waals surface area contributed by atoms with E-state index < -0.39 is 28.5 Å². The molecule has 2 amide bonds. The van der Waals surface area contributed by atoms with Crippen molar-refractivity contribution in [2.45, 2.75) is 62.0 Å². The molecule has 4 aromatic carbocycles. The highest BCUT2D eigenvalue weighted by molar-refractivity contribution is 7.98. The van der Waals surface area contributed by atoms with Gasteiger partial charge in [0.05, 0.1) is 10.6 Å². The van der Waals surface area contributed by atoms with Gasteiger partial charge in [0, 0.05) is 28.9 Å². The molecular formula is C36H40ClN3O4S2. The van der Waals surface area contributed by atoms with Crippen LogP contribution in [0.25, 0.3) is 0 Å². The van der Waals surface area contributed by atoms with Crippen LogP contribution in [-0.4, -0.2) is 50.0 Å². The third kappa shape index (κ3) is 8.93. The first-order valence-electron chi connectivity index (χ1n) is 15.1. The first-order valence-corrected chi connectivity index (χ1v) is 18.2. The quantitative estimate of drug-likeness (QED) is 0.144. The number of sulfonamides is 1. The van der Waals surface area contributed by atoms with Gasteiger partial charge in [-0.3, -0.25) is 13.9 Å². The van der Waals surface area contributed by atoms with E-state index in [0.717, 1.165) is 20.3 Å². The lowest BCUT2D eigenvalue weighted by atomic mass is 10.0. The molecule has 4 aromatic rings. The average Bonchev–Trinajstić information content (AvgIpc) is 3.06. The molecule has 0 aliphatic heterocycles. The molecule has 0 aliphatic rings. The van der Waals surface area contributed by atoms with Crippen molar-refractivity contribution in [3.63, 3.8) is 0 Å². The van der Waals surface area contributed by atoms with Gasteiger partial charge >= 0.3 is 0 Å². The van der Waals surface area contributed by atoms with Gasteiger partial charge in [-0.15, -0.1) is 11.8 Å². The number of thioether (sulfide) groups is 1. The van der Waals surface area contributed by atoms with Crippen LogP contribution in [0.5, 0.6) is 0 Å². The Bertz CT molecular complexity index is 1720. The highest BCUT2D eigenvalue weighted by Gasteiger charge is 2.35. The minimum atomic E-state index is -4.18. The van der Waals surface area contributed by atoms with Crippen LogP contribution in [0.3, 0.4) is 0 Å². The monoisotopic (exact) mass is 677 g/mol. The largest absolute Gasteiger partial charge is 0.352 e. The number of nitrogens with one attached hydrogen (secondary N) is 1. The molecule has 4 rings (SSSR count). The van der Waals surface area contributed by atoms with Crippen molar-refractivity contribution < 1.29 is 18.0 Å². The van der Waals surface area contributed by atoms with Gasteiger partial charge in [-0.2, -0.15) is 0 Å². The van der Waals surface area contributed by atoms with Crippen molar-refractivity contribution >= 4 is 50.9 Å². The summed E-state index contributed by atoms with van der Waals surface area (Å²) in [5, 5.41) is 3.49. The van der Waals surface area contributed by atoms with Crippen molar-refractivity contribution in [1.29, 1.82) is 0 Å². The molecule has 0 saturated carbocycles. The molecule has 0 fully saturated rings. The summed E-state index contributed by atoms with van der Waals surface area (Å²) >= 11 is 8.08. The van der Waals surface area contributed by atoms with E-state index in [0.29, 0.717) is 22.7 Å². The Morgan fingerprint density at radius 2 is 1.52 bits per heavy atom. The van der Waals surface area contributed by atoms with E-state index in [4.69, 9.17) is 11.6 Å². The lowest BCUT2D eigenvalue weighted by molar-refractivity contribution is -0.140. The molecule has 7 nitrogen and oxygen atoms in total. The van der Waals surface area contributed by atoms with E-state index in [9.17, 15) is 18.0 Å². The predicted molar refractivity (Wildman–Crippen MR) is 188 cm³/mol. The molecule has 242 valence electrons. The van der Waals surface area contributed by atoms with Gasteiger partial charge < -0.3 is 10.2 Å². The van der Waals surface area contributed by atoms with Gasteiger partial charge in [0.25, 0.3) is 10.0 Å². The normalized spacial score (nSPS) is 12.6. The summed E-state index contributed by atoms with van der Waals surface area (Å²) < 4.78 is 29.5. The van der Waals surface area contributed by atoms with Gasteiger partial charge in [-0.05, 0) is 80.1 Å².